The Morgan fingerprint density at radius 3 is 2.78 bits per heavy atom. The first kappa shape index (κ1) is 17.6. The maximum atomic E-state index is 13.2. The number of piperidine rings is 1. The second-order valence-electron chi connectivity index (χ2n) is 6.67. The molecule has 1 atom stereocenters. The van der Waals surface area contributed by atoms with Crippen LogP contribution >= 0.6 is 11.3 Å². The summed E-state index contributed by atoms with van der Waals surface area (Å²) < 4.78 is 0. The van der Waals surface area contributed by atoms with Crippen molar-refractivity contribution in [2.45, 2.75) is 32.2 Å². The van der Waals surface area contributed by atoms with Crippen LogP contribution in [0.25, 0.3) is 11.1 Å². The number of hydrogen-bond acceptors (Lipinski definition) is 6. The molecule has 7 heteroatoms. The zero-order chi connectivity index (χ0) is 18.8. The number of carbonyl (C=O) groups is 1. The van der Waals surface area contributed by atoms with E-state index in [-0.39, 0.29) is 17.9 Å². The molecule has 6 nitrogen and oxygen atoms in total. The summed E-state index contributed by atoms with van der Waals surface area (Å²) in [5, 5.41) is 0. The molecule has 0 aliphatic carbocycles. The summed E-state index contributed by atoms with van der Waals surface area (Å²) in [6, 6.07) is 9.89. The molecule has 1 saturated heterocycles. The highest BCUT2D eigenvalue weighted by molar-refractivity contribution is 7.11. The fourth-order valence-corrected chi connectivity index (χ4v) is 4.36. The summed E-state index contributed by atoms with van der Waals surface area (Å²) >= 11 is 1.39. The molecule has 4 rings (SSSR count). The highest BCUT2D eigenvalue weighted by Crippen LogP contribution is 2.37. The van der Waals surface area contributed by atoms with E-state index in [1.807, 2.05) is 42.2 Å². The molecule has 2 N–H and O–H groups in total. The average Bonchev–Trinajstić information content (AvgIpc) is 3.14. The molecule has 1 aliphatic rings. The van der Waals surface area contributed by atoms with Crippen molar-refractivity contribution in [3.8, 4) is 11.1 Å². The molecule has 1 amide bonds. The van der Waals surface area contributed by atoms with E-state index < -0.39 is 0 Å². The van der Waals surface area contributed by atoms with Crippen molar-refractivity contribution in [3.63, 3.8) is 0 Å². The number of rotatable bonds is 3. The summed E-state index contributed by atoms with van der Waals surface area (Å²) in [7, 11) is 0. The van der Waals surface area contributed by atoms with Crippen LogP contribution in [-0.4, -0.2) is 32.3 Å². The normalized spacial score (nSPS) is 17.1. The number of nitrogen functional groups attached to an aromatic ring is 1. The molecule has 0 spiro atoms. The first-order valence-electron chi connectivity index (χ1n) is 9.04. The number of hydrogen-bond donors (Lipinski definition) is 1. The zero-order valence-corrected chi connectivity index (χ0v) is 15.9. The fourth-order valence-electron chi connectivity index (χ4n) is 3.60. The fraction of sp³-hybridized carbons (Fsp3) is 0.300. The monoisotopic (exact) mass is 379 g/mol. The molecule has 0 radical (unpaired) electrons. The van der Waals surface area contributed by atoms with E-state index in [9.17, 15) is 4.79 Å². The number of amides is 1. The topological polar surface area (TPSA) is 85.0 Å². The highest BCUT2D eigenvalue weighted by Gasteiger charge is 2.33. The molecule has 3 aromatic rings. The van der Waals surface area contributed by atoms with Crippen molar-refractivity contribution in [2.24, 2.45) is 0 Å². The maximum absolute atomic E-state index is 13.2. The van der Waals surface area contributed by atoms with Crippen molar-refractivity contribution in [3.05, 3.63) is 58.3 Å². The predicted molar refractivity (Wildman–Crippen MR) is 106 cm³/mol. The first-order chi connectivity index (χ1) is 13.1. The average molecular weight is 379 g/mol. The second kappa shape index (κ2) is 7.44. The van der Waals surface area contributed by atoms with Crippen LogP contribution in [0.2, 0.25) is 0 Å². The third kappa shape index (κ3) is 3.42. The predicted octanol–water partition coefficient (Wildman–Crippen LogP) is 3.86. The zero-order valence-electron chi connectivity index (χ0n) is 15.1. The Hall–Kier alpha value is -2.80. The van der Waals surface area contributed by atoms with Crippen molar-refractivity contribution in [2.75, 3.05) is 12.3 Å². The molecule has 1 aliphatic heterocycles. The molecule has 2 aromatic heterocycles. The lowest BCUT2D eigenvalue weighted by atomic mass is 9.93. The van der Waals surface area contributed by atoms with Gasteiger partial charge in [-0.3, -0.25) is 4.79 Å². The molecule has 0 saturated carbocycles. The summed E-state index contributed by atoms with van der Waals surface area (Å²) in [5.74, 6) is 0.257. The Labute approximate surface area is 162 Å². The minimum absolute atomic E-state index is 0.0240. The van der Waals surface area contributed by atoms with Crippen molar-refractivity contribution >= 4 is 23.2 Å². The van der Waals surface area contributed by atoms with E-state index in [0.29, 0.717) is 11.4 Å². The van der Waals surface area contributed by atoms with Gasteiger partial charge in [-0.15, -0.1) is 11.3 Å². The number of aryl methyl sites for hydroxylation is 1. The van der Waals surface area contributed by atoms with E-state index >= 15 is 0 Å². The minimum atomic E-state index is -0.117. The number of nitrogens with zero attached hydrogens (tertiary/aromatic N) is 4. The van der Waals surface area contributed by atoms with E-state index in [1.165, 1.54) is 11.3 Å². The molecule has 3 heterocycles. The van der Waals surface area contributed by atoms with Gasteiger partial charge in [0.1, 0.15) is 4.88 Å². The molecule has 1 aromatic carbocycles. The Morgan fingerprint density at radius 1 is 1.22 bits per heavy atom. The van der Waals surface area contributed by atoms with Crippen LogP contribution in [0.1, 0.15) is 46.4 Å². The van der Waals surface area contributed by atoms with Crippen LogP contribution in [-0.2, 0) is 0 Å². The Kier molecular flexibility index (Phi) is 4.85. The van der Waals surface area contributed by atoms with E-state index in [2.05, 4.69) is 15.0 Å². The Balaban J connectivity index is 1.78. The number of likely N-dealkylation sites (tertiary alicyclic amines) is 1. The van der Waals surface area contributed by atoms with Gasteiger partial charge in [-0.05, 0) is 31.7 Å². The van der Waals surface area contributed by atoms with Crippen LogP contribution in [0.15, 0.2) is 42.0 Å². The third-order valence-corrected chi connectivity index (χ3v) is 5.86. The Morgan fingerprint density at radius 2 is 2.04 bits per heavy atom. The minimum Gasteiger partial charge on any atom is -0.368 e. The largest absolute Gasteiger partial charge is 0.368 e. The number of aromatic nitrogens is 3. The van der Waals surface area contributed by atoms with Gasteiger partial charge in [-0.1, -0.05) is 30.3 Å². The lowest BCUT2D eigenvalue weighted by Crippen LogP contribution is -2.39. The summed E-state index contributed by atoms with van der Waals surface area (Å²) in [6.07, 6.45) is 4.66. The molecule has 27 heavy (non-hydrogen) atoms. The third-order valence-electron chi connectivity index (χ3n) is 4.94. The van der Waals surface area contributed by atoms with Gasteiger partial charge in [-0.25, -0.2) is 15.0 Å². The van der Waals surface area contributed by atoms with Crippen LogP contribution in [0.3, 0.4) is 0 Å². The molecule has 0 bridgehead atoms. The van der Waals surface area contributed by atoms with Crippen LogP contribution < -0.4 is 5.73 Å². The lowest BCUT2D eigenvalue weighted by molar-refractivity contribution is 0.0611. The standard InChI is InChI=1S/C20H21N5OS/c1-13-18(27-12-23-13)19(26)25-10-6-5-9-16(25)17-15(11-22-20(21)24-17)14-7-3-2-4-8-14/h2-4,7-8,11-12,16H,5-6,9-10H2,1H3,(H2,21,22,24)/t16-/m1/s1. The van der Waals surface area contributed by atoms with Gasteiger partial charge in [0.05, 0.1) is 22.9 Å². The van der Waals surface area contributed by atoms with Gasteiger partial charge < -0.3 is 10.6 Å². The van der Waals surface area contributed by atoms with Gasteiger partial charge in [0.2, 0.25) is 5.95 Å². The van der Waals surface area contributed by atoms with Gasteiger partial charge in [0.25, 0.3) is 5.91 Å². The first-order valence-corrected chi connectivity index (χ1v) is 9.92. The summed E-state index contributed by atoms with van der Waals surface area (Å²) in [5.41, 5.74) is 11.2. The molecule has 1 fully saturated rings. The van der Waals surface area contributed by atoms with Crippen LogP contribution in [0.4, 0.5) is 5.95 Å². The van der Waals surface area contributed by atoms with Crippen LogP contribution in [0, 0.1) is 6.92 Å². The van der Waals surface area contributed by atoms with Crippen LogP contribution in [0.5, 0.6) is 0 Å². The molecule has 138 valence electrons. The van der Waals surface area contributed by atoms with E-state index in [1.54, 1.807) is 11.7 Å². The lowest BCUT2D eigenvalue weighted by Gasteiger charge is -2.36. The number of carbonyl (C=O) groups excluding carboxylic acids is 1. The number of thiazole rings is 1. The summed E-state index contributed by atoms with van der Waals surface area (Å²) in [6.45, 7) is 2.58. The Bertz CT molecular complexity index is 956. The number of anilines is 1. The highest BCUT2D eigenvalue weighted by atomic mass is 32.1. The molecule has 0 unspecified atom stereocenters. The maximum Gasteiger partial charge on any atom is 0.266 e. The van der Waals surface area contributed by atoms with Crippen molar-refractivity contribution in [1.29, 1.82) is 0 Å². The van der Waals surface area contributed by atoms with E-state index in [4.69, 9.17) is 5.73 Å². The molecular weight excluding hydrogens is 358 g/mol. The number of nitrogens with two attached hydrogens (primary N) is 1. The van der Waals surface area contributed by atoms with E-state index in [0.717, 1.165) is 41.8 Å². The number of benzene rings is 1. The van der Waals surface area contributed by atoms with Gasteiger partial charge >= 0.3 is 0 Å². The smallest absolute Gasteiger partial charge is 0.266 e. The van der Waals surface area contributed by atoms with Crippen molar-refractivity contribution < 1.29 is 4.79 Å². The molecular formula is C20H21N5OS. The van der Waals surface area contributed by atoms with Crippen molar-refractivity contribution in [1.82, 2.24) is 19.9 Å². The second-order valence-corrected chi connectivity index (χ2v) is 7.52. The summed E-state index contributed by atoms with van der Waals surface area (Å²) in [4.78, 5) is 28.9. The van der Waals surface area contributed by atoms with Gasteiger partial charge in [0, 0.05) is 18.3 Å². The van der Waals surface area contributed by atoms with Gasteiger partial charge in [-0.2, -0.15) is 0 Å². The SMILES string of the molecule is Cc1ncsc1C(=O)N1CCCC[C@@H]1c1nc(N)ncc1-c1ccccc1. The quantitative estimate of drug-likeness (QED) is 0.747. The van der Waals surface area contributed by atoms with Gasteiger partial charge in [0.15, 0.2) is 0 Å².